The average Bonchev–Trinajstić information content (AvgIpc) is 2.47. The van der Waals surface area contributed by atoms with Gasteiger partial charge in [-0.2, -0.15) is 0 Å². The van der Waals surface area contributed by atoms with Crippen LogP contribution in [-0.2, 0) is 6.61 Å². The van der Waals surface area contributed by atoms with E-state index in [1.165, 1.54) is 12.1 Å². The predicted molar refractivity (Wildman–Crippen MR) is 80.6 cm³/mol. The Balaban J connectivity index is 2.21. The number of hydrogen-bond donors (Lipinski definition) is 1. The third kappa shape index (κ3) is 4.08. The Morgan fingerprint density at radius 1 is 1.14 bits per heavy atom. The number of aliphatic hydroxyl groups is 1. The molecule has 0 unspecified atom stereocenters. The van der Waals surface area contributed by atoms with Crippen molar-refractivity contribution >= 4 is 0 Å². The summed E-state index contributed by atoms with van der Waals surface area (Å²) in [4.78, 5) is 0. The van der Waals surface area contributed by atoms with Crippen molar-refractivity contribution in [2.45, 2.75) is 20.5 Å². The van der Waals surface area contributed by atoms with Gasteiger partial charge in [-0.3, -0.25) is 0 Å². The first kappa shape index (κ1) is 15.1. The molecular weight excluding hydrogens is 267 g/mol. The molecule has 2 nitrogen and oxygen atoms in total. The fourth-order valence-electron chi connectivity index (χ4n) is 1.94. The quantitative estimate of drug-likeness (QED) is 0.876. The summed E-state index contributed by atoms with van der Waals surface area (Å²) in [5, 5.41) is 8.76. The molecule has 0 aliphatic rings. The first-order valence-corrected chi connectivity index (χ1v) is 6.68. The van der Waals surface area contributed by atoms with Gasteiger partial charge in [0.1, 0.15) is 24.8 Å². The zero-order chi connectivity index (χ0) is 15.2. The van der Waals surface area contributed by atoms with Crippen molar-refractivity contribution in [3.8, 4) is 17.6 Å². The first-order chi connectivity index (χ1) is 10.1. The van der Waals surface area contributed by atoms with Gasteiger partial charge in [0, 0.05) is 11.1 Å². The first-order valence-electron chi connectivity index (χ1n) is 6.68. The minimum atomic E-state index is -0.354. The second-order valence-corrected chi connectivity index (χ2v) is 4.82. The number of aliphatic hydroxyl groups excluding tert-OH is 1. The van der Waals surface area contributed by atoms with Gasteiger partial charge in [-0.15, -0.1) is 0 Å². The molecule has 1 N–H and O–H groups in total. The molecule has 0 aliphatic heterocycles. The van der Waals surface area contributed by atoms with Gasteiger partial charge in [-0.05, 0) is 43.2 Å². The largest absolute Gasteiger partial charge is 0.489 e. The number of halogens is 1. The lowest BCUT2D eigenvalue weighted by atomic mass is 10.1. The normalized spacial score (nSPS) is 9.90. The van der Waals surface area contributed by atoms with Gasteiger partial charge in [-0.1, -0.05) is 30.0 Å². The molecule has 21 heavy (non-hydrogen) atoms. The summed E-state index contributed by atoms with van der Waals surface area (Å²) in [5.74, 6) is 5.73. The monoisotopic (exact) mass is 284 g/mol. The van der Waals surface area contributed by atoms with Crippen LogP contribution < -0.4 is 4.74 Å². The molecule has 0 amide bonds. The maximum Gasteiger partial charge on any atom is 0.124 e. The minimum absolute atomic E-state index is 0.256. The van der Waals surface area contributed by atoms with E-state index in [-0.39, 0.29) is 12.4 Å². The SMILES string of the molecule is Cc1ccc(C)c(OCc2ccc(F)cc2C#CCO)c1. The van der Waals surface area contributed by atoms with Crippen LogP contribution in [0, 0.1) is 31.5 Å². The fourth-order valence-corrected chi connectivity index (χ4v) is 1.94. The molecule has 108 valence electrons. The van der Waals surface area contributed by atoms with Crippen LogP contribution in [0.25, 0.3) is 0 Å². The van der Waals surface area contributed by atoms with E-state index in [1.54, 1.807) is 6.07 Å². The van der Waals surface area contributed by atoms with E-state index in [0.717, 1.165) is 22.4 Å². The van der Waals surface area contributed by atoms with Crippen molar-refractivity contribution in [1.29, 1.82) is 0 Å². The van der Waals surface area contributed by atoms with E-state index in [4.69, 9.17) is 9.84 Å². The highest BCUT2D eigenvalue weighted by Gasteiger charge is 2.05. The van der Waals surface area contributed by atoms with Crippen molar-refractivity contribution in [2.24, 2.45) is 0 Å². The summed E-state index contributed by atoms with van der Waals surface area (Å²) in [6, 6.07) is 10.4. The minimum Gasteiger partial charge on any atom is -0.489 e. The molecular formula is C18H17FO2. The Labute approximate surface area is 124 Å². The van der Waals surface area contributed by atoms with Gasteiger partial charge in [0.15, 0.2) is 0 Å². The second-order valence-electron chi connectivity index (χ2n) is 4.82. The highest BCUT2D eigenvalue weighted by atomic mass is 19.1. The lowest BCUT2D eigenvalue weighted by Crippen LogP contribution is -2.00. The lowest BCUT2D eigenvalue weighted by molar-refractivity contribution is 0.303. The van der Waals surface area contributed by atoms with Crippen molar-refractivity contribution in [3.05, 3.63) is 64.5 Å². The van der Waals surface area contributed by atoms with Gasteiger partial charge >= 0.3 is 0 Å². The zero-order valence-corrected chi connectivity index (χ0v) is 12.1. The smallest absolute Gasteiger partial charge is 0.124 e. The molecule has 0 atom stereocenters. The second kappa shape index (κ2) is 6.92. The summed E-state index contributed by atoms with van der Waals surface area (Å²) in [6.07, 6.45) is 0. The highest BCUT2D eigenvalue weighted by Crippen LogP contribution is 2.21. The molecule has 0 saturated heterocycles. The van der Waals surface area contributed by atoms with E-state index in [1.807, 2.05) is 32.0 Å². The van der Waals surface area contributed by atoms with E-state index in [2.05, 4.69) is 11.8 Å². The molecule has 0 fully saturated rings. The van der Waals surface area contributed by atoms with E-state index in [9.17, 15) is 4.39 Å². The summed E-state index contributed by atoms with van der Waals surface area (Å²) in [6.45, 7) is 4.03. The Kier molecular flexibility index (Phi) is 4.97. The Hall–Kier alpha value is -2.31. The zero-order valence-electron chi connectivity index (χ0n) is 12.1. The van der Waals surface area contributed by atoms with Crippen molar-refractivity contribution in [2.75, 3.05) is 6.61 Å². The molecule has 2 aromatic rings. The standard InChI is InChI=1S/C18H17FO2/c1-13-5-6-14(2)18(10-13)21-12-16-7-8-17(19)11-15(16)4-3-9-20/h5-8,10-11,20H,9,12H2,1-2H3. The summed E-state index contributed by atoms with van der Waals surface area (Å²) >= 11 is 0. The van der Waals surface area contributed by atoms with E-state index < -0.39 is 0 Å². The summed E-state index contributed by atoms with van der Waals surface area (Å²) in [5.41, 5.74) is 3.49. The molecule has 2 rings (SSSR count). The van der Waals surface area contributed by atoms with Crippen LogP contribution in [0.1, 0.15) is 22.3 Å². The Morgan fingerprint density at radius 3 is 2.71 bits per heavy atom. The molecule has 0 aliphatic carbocycles. The number of benzene rings is 2. The van der Waals surface area contributed by atoms with Crippen LogP contribution in [0.15, 0.2) is 36.4 Å². The number of hydrogen-bond acceptors (Lipinski definition) is 2. The number of aryl methyl sites for hydroxylation is 2. The van der Waals surface area contributed by atoms with Crippen LogP contribution in [0.4, 0.5) is 4.39 Å². The van der Waals surface area contributed by atoms with Gasteiger partial charge in [0.05, 0.1) is 0 Å². The van der Waals surface area contributed by atoms with Gasteiger partial charge in [-0.25, -0.2) is 4.39 Å². The van der Waals surface area contributed by atoms with Crippen LogP contribution in [0.5, 0.6) is 5.75 Å². The molecule has 2 aromatic carbocycles. The molecule has 0 bridgehead atoms. The highest BCUT2D eigenvalue weighted by molar-refractivity contribution is 5.42. The fraction of sp³-hybridized carbons (Fsp3) is 0.222. The Morgan fingerprint density at radius 2 is 1.95 bits per heavy atom. The molecule has 0 radical (unpaired) electrons. The molecule has 0 saturated carbocycles. The maximum absolute atomic E-state index is 13.3. The van der Waals surface area contributed by atoms with E-state index in [0.29, 0.717) is 12.2 Å². The van der Waals surface area contributed by atoms with Crippen LogP contribution >= 0.6 is 0 Å². The third-order valence-electron chi connectivity index (χ3n) is 3.10. The van der Waals surface area contributed by atoms with Crippen molar-refractivity contribution in [1.82, 2.24) is 0 Å². The van der Waals surface area contributed by atoms with Gasteiger partial charge in [0.2, 0.25) is 0 Å². The van der Waals surface area contributed by atoms with Crippen LogP contribution in [0.3, 0.4) is 0 Å². The lowest BCUT2D eigenvalue weighted by Gasteiger charge is -2.11. The summed E-state index contributed by atoms with van der Waals surface area (Å²) < 4.78 is 19.1. The average molecular weight is 284 g/mol. The summed E-state index contributed by atoms with van der Waals surface area (Å²) in [7, 11) is 0. The Bertz CT molecular complexity index is 696. The van der Waals surface area contributed by atoms with Gasteiger partial charge in [0.25, 0.3) is 0 Å². The molecule has 0 spiro atoms. The third-order valence-corrected chi connectivity index (χ3v) is 3.10. The van der Waals surface area contributed by atoms with Crippen LogP contribution in [0.2, 0.25) is 0 Å². The molecule has 3 heteroatoms. The van der Waals surface area contributed by atoms with E-state index >= 15 is 0 Å². The molecule has 0 aromatic heterocycles. The molecule has 0 heterocycles. The maximum atomic E-state index is 13.3. The van der Waals surface area contributed by atoms with Gasteiger partial charge < -0.3 is 9.84 Å². The predicted octanol–water partition coefficient (Wildman–Crippen LogP) is 3.37. The van der Waals surface area contributed by atoms with Crippen LogP contribution in [-0.4, -0.2) is 11.7 Å². The van der Waals surface area contributed by atoms with Crippen molar-refractivity contribution in [3.63, 3.8) is 0 Å². The topological polar surface area (TPSA) is 29.5 Å². The number of ether oxygens (including phenoxy) is 1. The van der Waals surface area contributed by atoms with Crippen molar-refractivity contribution < 1.29 is 14.2 Å². The number of rotatable bonds is 3.